The number of nitrogens with one attached hydrogen (secondary N) is 1. The number of hydrogen-bond donors (Lipinski definition) is 1. The van der Waals surface area contributed by atoms with Gasteiger partial charge in [0.25, 0.3) is 0 Å². The van der Waals surface area contributed by atoms with Gasteiger partial charge >= 0.3 is 0 Å². The molecule has 0 spiro atoms. The van der Waals surface area contributed by atoms with Crippen molar-refractivity contribution in [1.29, 1.82) is 0 Å². The number of carbonyl (C=O) groups is 1. The molecule has 1 amide bonds. The summed E-state index contributed by atoms with van der Waals surface area (Å²) in [4.78, 5) is 21.1. The van der Waals surface area contributed by atoms with Crippen LogP contribution >= 0.6 is 24.8 Å². The quantitative estimate of drug-likeness (QED) is 0.846. The van der Waals surface area contributed by atoms with E-state index in [4.69, 9.17) is 4.42 Å². The number of oxazole rings is 1. The summed E-state index contributed by atoms with van der Waals surface area (Å²) >= 11 is 0. The molecule has 2 atom stereocenters. The van der Waals surface area contributed by atoms with Gasteiger partial charge in [-0.15, -0.1) is 24.8 Å². The number of halogens is 2. The molecule has 2 aliphatic heterocycles. The molecule has 0 bridgehead atoms. The maximum Gasteiger partial charge on any atom is 0.222 e. The Bertz CT molecular complexity index is 526. The molecule has 0 saturated carbocycles. The maximum absolute atomic E-state index is 12.2. The van der Waals surface area contributed by atoms with E-state index >= 15 is 0 Å². The van der Waals surface area contributed by atoms with Gasteiger partial charge in [-0.3, -0.25) is 9.69 Å². The number of piperidine rings is 2. The molecule has 1 N–H and O–H groups in total. The van der Waals surface area contributed by atoms with Gasteiger partial charge in [0.2, 0.25) is 5.91 Å². The minimum Gasteiger partial charge on any atom is -0.449 e. The van der Waals surface area contributed by atoms with Gasteiger partial charge in [-0.2, -0.15) is 0 Å². The predicted molar refractivity (Wildman–Crippen MR) is 97.8 cm³/mol. The van der Waals surface area contributed by atoms with Gasteiger partial charge < -0.3 is 14.6 Å². The zero-order chi connectivity index (χ0) is 15.5. The summed E-state index contributed by atoms with van der Waals surface area (Å²) in [6.07, 6.45) is 4.54. The SMILES string of the molecule is CNCCN1C(=O)CC[C@H]2CN(Cc3coc(C)n3)CC[C@H]21.Cl.Cl. The monoisotopic (exact) mass is 378 g/mol. The Labute approximate surface area is 156 Å². The van der Waals surface area contributed by atoms with Crippen LogP contribution in [0.5, 0.6) is 0 Å². The third-order valence-corrected chi connectivity index (χ3v) is 4.88. The van der Waals surface area contributed by atoms with Crippen molar-refractivity contribution in [3.05, 3.63) is 17.8 Å². The molecule has 1 aromatic rings. The predicted octanol–water partition coefficient (Wildman–Crippen LogP) is 1.86. The van der Waals surface area contributed by atoms with Crippen molar-refractivity contribution in [1.82, 2.24) is 20.1 Å². The normalized spacial score (nSPS) is 24.1. The van der Waals surface area contributed by atoms with Gasteiger partial charge in [0.15, 0.2) is 5.89 Å². The van der Waals surface area contributed by atoms with Crippen molar-refractivity contribution < 1.29 is 9.21 Å². The van der Waals surface area contributed by atoms with Crippen LogP contribution in [0, 0.1) is 12.8 Å². The Morgan fingerprint density at radius 2 is 2.17 bits per heavy atom. The first kappa shape index (κ1) is 21.2. The minimum absolute atomic E-state index is 0. The molecule has 8 heteroatoms. The molecule has 0 aliphatic carbocycles. The fraction of sp³-hybridized carbons (Fsp3) is 0.750. The molecule has 0 aromatic carbocycles. The number of likely N-dealkylation sites (tertiary alicyclic amines) is 2. The summed E-state index contributed by atoms with van der Waals surface area (Å²) in [5.41, 5.74) is 1.01. The summed E-state index contributed by atoms with van der Waals surface area (Å²) in [6, 6.07) is 0.421. The van der Waals surface area contributed by atoms with Crippen LogP contribution in [0.2, 0.25) is 0 Å². The number of aromatic nitrogens is 1. The second kappa shape index (κ2) is 9.61. The Balaban J connectivity index is 0.00000144. The second-order valence-corrected chi connectivity index (χ2v) is 6.44. The van der Waals surface area contributed by atoms with Crippen LogP contribution < -0.4 is 5.32 Å². The van der Waals surface area contributed by atoms with E-state index in [-0.39, 0.29) is 24.8 Å². The summed E-state index contributed by atoms with van der Waals surface area (Å²) in [6.45, 7) is 6.51. The van der Waals surface area contributed by atoms with Crippen molar-refractivity contribution in [2.45, 2.75) is 38.8 Å². The highest BCUT2D eigenvalue weighted by molar-refractivity contribution is 5.85. The zero-order valence-electron chi connectivity index (χ0n) is 14.4. The molecule has 1 aromatic heterocycles. The van der Waals surface area contributed by atoms with E-state index in [9.17, 15) is 4.79 Å². The Hall–Kier alpha value is -0.820. The maximum atomic E-state index is 12.2. The number of amides is 1. The van der Waals surface area contributed by atoms with E-state index in [0.29, 0.717) is 24.3 Å². The Morgan fingerprint density at radius 3 is 2.83 bits per heavy atom. The first-order chi connectivity index (χ1) is 10.7. The van der Waals surface area contributed by atoms with Crippen LogP contribution in [-0.2, 0) is 11.3 Å². The van der Waals surface area contributed by atoms with Crippen molar-refractivity contribution in [2.24, 2.45) is 5.92 Å². The molecule has 3 rings (SSSR count). The van der Waals surface area contributed by atoms with Crippen LogP contribution in [0.4, 0.5) is 0 Å². The van der Waals surface area contributed by atoms with E-state index in [1.54, 1.807) is 6.26 Å². The lowest BCUT2D eigenvalue weighted by Gasteiger charge is -2.47. The van der Waals surface area contributed by atoms with Gasteiger partial charge in [-0.1, -0.05) is 0 Å². The highest BCUT2D eigenvalue weighted by Crippen LogP contribution is 2.31. The van der Waals surface area contributed by atoms with Crippen LogP contribution in [0.25, 0.3) is 0 Å². The third kappa shape index (κ3) is 4.85. The minimum atomic E-state index is 0. The van der Waals surface area contributed by atoms with Crippen molar-refractivity contribution >= 4 is 30.7 Å². The standard InChI is InChI=1S/C16H26N4O2.2ClH/c1-12-18-14(11-22-12)10-19-7-5-15-13(9-19)3-4-16(21)20(15)8-6-17-2;;/h11,13,15,17H,3-10H2,1-2H3;2*1H/t13-,15+;;/m0../s1. The van der Waals surface area contributed by atoms with E-state index in [1.165, 1.54) is 0 Å². The molecule has 0 radical (unpaired) electrons. The average molecular weight is 379 g/mol. The van der Waals surface area contributed by atoms with Crippen molar-refractivity contribution in [2.75, 3.05) is 33.2 Å². The van der Waals surface area contributed by atoms with Gasteiger partial charge in [0.1, 0.15) is 6.26 Å². The highest BCUT2D eigenvalue weighted by Gasteiger charge is 2.38. The molecule has 6 nitrogen and oxygen atoms in total. The molecule has 0 unspecified atom stereocenters. The lowest BCUT2D eigenvalue weighted by Crippen LogP contribution is -2.56. The number of likely N-dealkylation sites (N-methyl/N-ethyl adjacent to an activating group) is 1. The molecule has 2 fully saturated rings. The van der Waals surface area contributed by atoms with Crippen LogP contribution in [0.3, 0.4) is 0 Å². The van der Waals surface area contributed by atoms with E-state index < -0.39 is 0 Å². The van der Waals surface area contributed by atoms with Gasteiger partial charge in [-0.05, 0) is 25.8 Å². The van der Waals surface area contributed by atoms with Gasteiger partial charge in [0.05, 0.1) is 5.69 Å². The number of aryl methyl sites for hydroxylation is 1. The van der Waals surface area contributed by atoms with Gasteiger partial charge in [0, 0.05) is 52.1 Å². The number of carbonyl (C=O) groups excluding carboxylic acids is 1. The lowest BCUT2D eigenvalue weighted by molar-refractivity contribution is -0.141. The molecule has 3 heterocycles. The largest absolute Gasteiger partial charge is 0.449 e. The molecule has 138 valence electrons. The van der Waals surface area contributed by atoms with Crippen LogP contribution in [-0.4, -0.2) is 60.0 Å². The molecule has 24 heavy (non-hydrogen) atoms. The van der Waals surface area contributed by atoms with E-state index in [0.717, 1.165) is 57.2 Å². The Kier molecular flexibility index (Phi) is 8.50. The van der Waals surface area contributed by atoms with Gasteiger partial charge in [-0.25, -0.2) is 4.98 Å². The summed E-state index contributed by atoms with van der Waals surface area (Å²) in [7, 11) is 1.94. The Morgan fingerprint density at radius 1 is 1.38 bits per heavy atom. The number of rotatable bonds is 5. The van der Waals surface area contributed by atoms with Crippen molar-refractivity contribution in [3.8, 4) is 0 Å². The summed E-state index contributed by atoms with van der Waals surface area (Å²) < 4.78 is 5.29. The first-order valence-corrected chi connectivity index (χ1v) is 8.25. The van der Waals surface area contributed by atoms with E-state index in [2.05, 4.69) is 20.1 Å². The van der Waals surface area contributed by atoms with E-state index in [1.807, 2.05) is 14.0 Å². The summed E-state index contributed by atoms with van der Waals surface area (Å²) in [5.74, 6) is 1.65. The third-order valence-electron chi connectivity index (χ3n) is 4.88. The number of hydrogen-bond acceptors (Lipinski definition) is 5. The van der Waals surface area contributed by atoms with Crippen molar-refractivity contribution in [3.63, 3.8) is 0 Å². The first-order valence-electron chi connectivity index (χ1n) is 8.25. The summed E-state index contributed by atoms with van der Waals surface area (Å²) in [5, 5.41) is 3.15. The lowest BCUT2D eigenvalue weighted by atomic mass is 9.83. The molecular formula is C16H28Cl2N4O2. The average Bonchev–Trinajstić information content (AvgIpc) is 2.91. The molecule has 2 saturated heterocycles. The highest BCUT2D eigenvalue weighted by atomic mass is 35.5. The second-order valence-electron chi connectivity index (χ2n) is 6.44. The zero-order valence-corrected chi connectivity index (χ0v) is 16.0. The molecular weight excluding hydrogens is 351 g/mol. The fourth-order valence-electron chi connectivity index (χ4n) is 3.80. The van der Waals surface area contributed by atoms with Crippen LogP contribution in [0.1, 0.15) is 30.8 Å². The fourth-order valence-corrected chi connectivity index (χ4v) is 3.80. The number of nitrogens with zero attached hydrogens (tertiary/aromatic N) is 3. The molecule has 2 aliphatic rings. The number of fused-ring (bicyclic) bond motifs is 1. The smallest absolute Gasteiger partial charge is 0.222 e. The van der Waals surface area contributed by atoms with Crippen LogP contribution in [0.15, 0.2) is 10.7 Å². The topological polar surface area (TPSA) is 61.6 Å².